The van der Waals surface area contributed by atoms with Crippen molar-refractivity contribution in [1.82, 2.24) is 4.90 Å². The third-order valence-electron chi connectivity index (χ3n) is 6.69. The minimum absolute atomic E-state index is 0.242. The quantitative estimate of drug-likeness (QED) is 0.864. The van der Waals surface area contributed by atoms with Gasteiger partial charge in [0.25, 0.3) is 0 Å². The Bertz CT molecular complexity index is 791. The lowest BCUT2D eigenvalue weighted by Gasteiger charge is -2.52. The first kappa shape index (κ1) is 19.1. The molecule has 0 saturated carbocycles. The molecule has 3 fully saturated rings. The zero-order chi connectivity index (χ0) is 19.7. The van der Waals surface area contributed by atoms with E-state index in [1.807, 2.05) is 0 Å². The SMILES string of the molecule is OC1(c2ccc(N3CCOCC3)cc2)CC2COCC(C1)N2Cc1ccccc1. The summed E-state index contributed by atoms with van der Waals surface area (Å²) < 4.78 is 11.3. The predicted octanol–water partition coefficient (Wildman–Crippen LogP) is 2.77. The second-order valence-corrected chi connectivity index (χ2v) is 8.59. The molecule has 5 rings (SSSR count). The van der Waals surface area contributed by atoms with Gasteiger partial charge in [0.15, 0.2) is 0 Å². The Morgan fingerprint density at radius 1 is 0.862 bits per heavy atom. The van der Waals surface area contributed by atoms with Crippen molar-refractivity contribution >= 4 is 5.69 Å². The average molecular weight is 395 g/mol. The lowest BCUT2D eigenvalue weighted by molar-refractivity contribution is -0.149. The van der Waals surface area contributed by atoms with Gasteiger partial charge in [0.1, 0.15) is 0 Å². The number of hydrogen-bond acceptors (Lipinski definition) is 5. The van der Waals surface area contributed by atoms with E-state index in [1.54, 1.807) is 0 Å². The van der Waals surface area contributed by atoms with E-state index >= 15 is 0 Å². The molecule has 2 unspecified atom stereocenters. The molecule has 0 spiro atoms. The molecule has 2 aromatic rings. The third-order valence-corrected chi connectivity index (χ3v) is 6.69. The van der Waals surface area contributed by atoms with Crippen molar-refractivity contribution in [3.05, 3.63) is 65.7 Å². The first-order valence-corrected chi connectivity index (χ1v) is 10.7. The highest BCUT2D eigenvalue weighted by Crippen LogP contribution is 2.42. The summed E-state index contributed by atoms with van der Waals surface area (Å²) in [5.41, 5.74) is 2.79. The fraction of sp³-hybridized carbons (Fsp3) is 0.500. The van der Waals surface area contributed by atoms with Gasteiger partial charge in [0.05, 0.1) is 32.0 Å². The Morgan fingerprint density at radius 2 is 1.52 bits per heavy atom. The van der Waals surface area contributed by atoms with Gasteiger partial charge in [-0.2, -0.15) is 0 Å². The van der Waals surface area contributed by atoms with Crippen molar-refractivity contribution < 1.29 is 14.6 Å². The van der Waals surface area contributed by atoms with Crippen LogP contribution in [0, 0.1) is 0 Å². The van der Waals surface area contributed by atoms with Gasteiger partial charge in [0, 0.05) is 37.4 Å². The lowest BCUT2D eigenvalue weighted by Crippen LogP contribution is -2.60. The smallest absolute Gasteiger partial charge is 0.0928 e. The van der Waals surface area contributed by atoms with E-state index in [0.717, 1.165) is 38.4 Å². The Labute approximate surface area is 172 Å². The predicted molar refractivity (Wildman–Crippen MR) is 113 cm³/mol. The number of hydrogen-bond donors (Lipinski definition) is 1. The lowest BCUT2D eigenvalue weighted by atomic mass is 9.76. The minimum atomic E-state index is -0.782. The molecular weight excluding hydrogens is 364 g/mol. The van der Waals surface area contributed by atoms with Crippen molar-refractivity contribution in [1.29, 1.82) is 0 Å². The van der Waals surface area contributed by atoms with E-state index in [9.17, 15) is 5.11 Å². The summed E-state index contributed by atoms with van der Waals surface area (Å²) >= 11 is 0. The first-order chi connectivity index (χ1) is 14.2. The standard InChI is InChI=1S/C24H30N2O3/c27-24(20-6-8-21(9-7-20)25-10-12-28-13-11-25)14-22-17-29-18-23(15-24)26(22)16-19-4-2-1-3-5-19/h1-9,22-23,27H,10-18H2. The van der Waals surface area contributed by atoms with Crippen LogP contribution in [0.15, 0.2) is 54.6 Å². The molecule has 5 heteroatoms. The molecule has 3 saturated heterocycles. The van der Waals surface area contributed by atoms with Crippen LogP contribution < -0.4 is 4.90 Å². The highest BCUT2D eigenvalue weighted by atomic mass is 16.5. The van der Waals surface area contributed by atoms with Crippen LogP contribution >= 0.6 is 0 Å². The molecule has 3 aliphatic rings. The fourth-order valence-corrected chi connectivity index (χ4v) is 5.14. The average Bonchev–Trinajstić information content (AvgIpc) is 2.76. The second-order valence-electron chi connectivity index (χ2n) is 8.59. The molecule has 3 heterocycles. The van der Waals surface area contributed by atoms with Crippen molar-refractivity contribution in [3.63, 3.8) is 0 Å². The molecule has 2 atom stereocenters. The number of rotatable bonds is 4. The van der Waals surface area contributed by atoms with E-state index in [4.69, 9.17) is 9.47 Å². The van der Waals surface area contributed by atoms with Crippen LogP contribution in [0.4, 0.5) is 5.69 Å². The van der Waals surface area contributed by atoms with Gasteiger partial charge >= 0.3 is 0 Å². The topological polar surface area (TPSA) is 45.2 Å². The van der Waals surface area contributed by atoms with Crippen LogP contribution in [0.2, 0.25) is 0 Å². The summed E-state index contributed by atoms with van der Waals surface area (Å²) in [6.07, 6.45) is 1.43. The van der Waals surface area contributed by atoms with Gasteiger partial charge in [-0.25, -0.2) is 0 Å². The van der Waals surface area contributed by atoms with Crippen LogP contribution in [0.25, 0.3) is 0 Å². The van der Waals surface area contributed by atoms with Crippen LogP contribution in [0.3, 0.4) is 0 Å². The molecule has 2 aromatic carbocycles. The Balaban J connectivity index is 1.32. The number of benzene rings is 2. The van der Waals surface area contributed by atoms with E-state index in [1.165, 1.54) is 11.3 Å². The second kappa shape index (κ2) is 8.07. The normalized spacial score (nSPS) is 30.3. The van der Waals surface area contributed by atoms with Gasteiger partial charge < -0.3 is 19.5 Å². The maximum absolute atomic E-state index is 11.6. The van der Waals surface area contributed by atoms with Gasteiger partial charge in [-0.3, -0.25) is 4.90 Å². The molecule has 0 radical (unpaired) electrons. The zero-order valence-corrected chi connectivity index (χ0v) is 16.9. The highest BCUT2D eigenvalue weighted by Gasteiger charge is 2.46. The largest absolute Gasteiger partial charge is 0.385 e. The molecular formula is C24H30N2O3. The van der Waals surface area contributed by atoms with Crippen LogP contribution in [0.1, 0.15) is 24.0 Å². The third kappa shape index (κ3) is 3.92. The van der Waals surface area contributed by atoms with Crippen molar-refractivity contribution in [2.24, 2.45) is 0 Å². The van der Waals surface area contributed by atoms with Gasteiger partial charge in [0.2, 0.25) is 0 Å². The zero-order valence-electron chi connectivity index (χ0n) is 16.9. The Morgan fingerprint density at radius 3 is 2.17 bits per heavy atom. The molecule has 3 aliphatic heterocycles. The fourth-order valence-electron chi connectivity index (χ4n) is 5.14. The maximum Gasteiger partial charge on any atom is 0.0928 e. The van der Waals surface area contributed by atoms with Crippen molar-refractivity contribution in [2.45, 2.75) is 37.1 Å². The molecule has 5 nitrogen and oxygen atoms in total. The van der Waals surface area contributed by atoms with E-state index in [0.29, 0.717) is 26.1 Å². The van der Waals surface area contributed by atoms with Crippen molar-refractivity contribution in [2.75, 3.05) is 44.4 Å². The Kier molecular flexibility index (Phi) is 5.31. The molecule has 1 N–H and O–H groups in total. The van der Waals surface area contributed by atoms with Crippen LogP contribution in [-0.4, -0.2) is 61.6 Å². The summed E-state index contributed by atoms with van der Waals surface area (Å²) in [6.45, 7) is 5.73. The van der Waals surface area contributed by atoms with E-state index < -0.39 is 5.60 Å². The number of ether oxygens (including phenoxy) is 2. The van der Waals surface area contributed by atoms with Gasteiger partial charge in [-0.15, -0.1) is 0 Å². The van der Waals surface area contributed by atoms with Crippen LogP contribution in [0.5, 0.6) is 0 Å². The monoisotopic (exact) mass is 394 g/mol. The summed E-state index contributed by atoms with van der Waals surface area (Å²) in [6, 6.07) is 19.6. The number of morpholine rings is 2. The molecule has 0 aliphatic carbocycles. The van der Waals surface area contributed by atoms with E-state index in [-0.39, 0.29) is 12.1 Å². The number of anilines is 1. The molecule has 0 amide bonds. The molecule has 2 bridgehead atoms. The molecule has 154 valence electrons. The maximum atomic E-state index is 11.6. The summed E-state index contributed by atoms with van der Waals surface area (Å²) in [5, 5.41) is 11.6. The number of fused-ring (bicyclic) bond motifs is 2. The van der Waals surface area contributed by atoms with E-state index in [2.05, 4.69) is 64.4 Å². The van der Waals surface area contributed by atoms with Crippen molar-refractivity contribution in [3.8, 4) is 0 Å². The summed E-state index contributed by atoms with van der Waals surface area (Å²) in [4.78, 5) is 4.89. The number of piperidine rings is 1. The highest BCUT2D eigenvalue weighted by molar-refractivity contribution is 5.49. The summed E-state index contributed by atoms with van der Waals surface area (Å²) in [7, 11) is 0. The first-order valence-electron chi connectivity index (χ1n) is 10.7. The number of aliphatic hydroxyl groups is 1. The molecule has 29 heavy (non-hydrogen) atoms. The van der Waals surface area contributed by atoms with Gasteiger partial charge in [-0.05, 0) is 36.1 Å². The van der Waals surface area contributed by atoms with Gasteiger partial charge in [-0.1, -0.05) is 42.5 Å². The van der Waals surface area contributed by atoms with Crippen LogP contribution in [-0.2, 0) is 21.6 Å². The summed E-state index contributed by atoms with van der Waals surface area (Å²) in [5.74, 6) is 0. The minimum Gasteiger partial charge on any atom is -0.385 e. The molecule has 0 aromatic heterocycles. The Hall–Kier alpha value is -1.92. The number of nitrogens with zero attached hydrogens (tertiary/aromatic N) is 2.